The molecule has 0 aromatic heterocycles. The molecule has 17 heavy (non-hydrogen) atoms. The van der Waals surface area contributed by atoms with Crippen LogP contribution >= 0.6 is 0 Å². The van der Waals surface area contributed by atoms with Crippen LogP contribution in [0.15, 0.2) is 48.5 Å². The predicted molar refractivity (Wildman–Crippen MR) is 70.6 cm³/mol. The molecule has 0 spiro atoms. The van der Waals surface area contributed by atoms with Crippen molar-refractivity contribution in [3.8, 4) is 0 Å². The van der Waals surface area contributed by atoms with Crippen molar-refractivity contribution in [3.63, 3.8) is 0 Å². The van der Waals surface area contributed by atoms with Gasteiger partial charge in [-0.1, -0.05) is 49.4 Å². The number of hydrogen-bond donors (Lipinski definition) is 1. The molecule has 84 valence electrons. The summed E-state index contributed by atoms with van der Waals surface area (Å²) in [5.74, 6) is 1.15. The first-order valence-electron chi connectivity index (χ1n) is 6.30. The molecule has 0 amide bonds. The molecule has 0 radical (unpaired) electrons. The van der Waals surface area contributed by atoms with E-state index in [2.05, 4.69) is 60.8 Å². The van der Waals surface area contributed by atoms with Crippen LogP contribution in [0.3, 0.4) is 0 Å². The van der Waals surface area contributed by atoms with E-state index in [1.54, 1.807) is 0 Å². The lowest BCUT2D eigenvalue weighted by Gasteiger charge is -2.15. The fraction of sp³-hybridized carbons (Fsp3) is 0.250. The summed E-state index contributed by atoms with van der Waals surface area (Å²) in [5.41, 5.74) is 5.82. The van der Waals surface area contributed by atoms with Gasteiger partial charge in [0, 0.05) is 23.6 Å². The highest BCUT2D eigenvalue weighted by Crippen LogP contribution is 2.51. The van der Waals surface area contributed by atoms with Crippen molar-refractivity contribution in [2.45, 2.75) is 24.8 Å². The number of hydrogen-bond acceptors (Lipinski definition) is 1. The molecule has 0 saturated heterocycles. The second-order valence-corrected chi connectivity index (χ2v) is 5.15. The van der Waals surface area contributed by atoms with Gasteiger partial charge in [0.05, 0.1) is 0 Å². The van der Waals surface area contributed by atoms with E-state index in [0.29, 0.717) is 17.9 Å². The van der Waals surface area contributed by atoms with Gasteiger partial charge in [-0.3, -0.25) is 0 Å². The molecule has 0 fully saturated rings. The van der Waals surface area contributed by atoms with Crippen molar-refractivity contribution in [1.82, 2.24) is 0 Å². The summed E-state index contributed by atoms with van der Waals surface area (Å²) in [4.78, 5) is 0. The quantitative estimate of drug-likeness (QED) is 0.714. The van der Waals surface area contributed by atoms with Gasteiger partial charge in [-0.2, -0.15) is 0 Å². The minimum absolute atomic E-state index is 0.546. The lowest BCUT2D eigenvalue weighted by Crippen LogP contribution is -2.20. The van der Waals surface area contributed by atoms with Gasteiger partial charge in [0.2, 0.25) is 0 Å². The summed E-state index contributed by atoms with van der Waals surface area (Å²) in [5, 5.41) is 3.69. The summed E-state index contributed by atoms with van der Waals surface area (Å²) < 4.78 is 0. The summed E-state index contributed by atoms with van der Waals surface area (Å²) in [6.07, 6.45) is 0. The van der Waals surface area contributed by atoms with E-state index in [9.17, 15) is 0 Å². The molecule has 0 bridgehead atoms. The molecule has 1 aliphatic heterocycles. The van der Waals surface area contributed by atoms with E-state index >= 15 is 0 Å². The molecule has 1 unspecified atom stereocenters. The third-order valence-electron chi connectivity index (χ3n) is 4.34. The van der Waals surface area contributed by atoms with Crippen LogP contribution in [0.5, 0.6) is 0 Å². The van der Waals surface area contributed by atoms with Gasteiger partial charge in [0.15, 0.2) is 0 Å². The maximum atomic E-state index is 3.69. The molecule has 1 heterocycles. The normalized spacial score (nSPS) is 28.2. The third-order valence-corrected chi connectivity index (χ3v) is 4.34. The fourth-order valence-electron chi connectivity index (χ4n) is 3.53. The van der Waals surface area contributed by atoms with Gasteiger partial charge in [0.25, 0.3) is 0 Å². The highest BCUT2D eigenvalue weighted by molar-refractivity contribution is 5.66. The lowest BCUT2D eigenvalue weighted by molar-refractivity contribution is 0.629. The largest absolute Gasteiger partial charge is 0.381 e. The van der Waals surface area contributed by atoms with Gasteiger partial charge in [-0.25, -0.2) is 0 Å². The van der Waals surface area contributed by atoms with Crippen molar-refractivity contribution in [2.24, 2.45) is 0 Å². The lowest BCUT2D eigenvalue weighted by atomic mass is 9.92. The third kappa shape index (κ3) is 1.09. The van der Waals surface area contributed by atoms with Crippen LogP contribution < -0.4 is 5.32 Å². The topological polar surface area (TPSA) is 12.0 Å². The van der Waals surface area contributed by atoms with Gasteiger partial charge < -0.3 is 5.32 Å². The summed E-state index contributed by atoms with van der Waals surface area (Å²) in [6.45, 7) is 2.34. The minimum Gasteiger partial charge on any atom is -0.381 e. The van der Waals surface area contributed by atoms with Crippen LogP contribution in [0.4, 0.5) is 5.69 Å². The average Bonchev–Trinajstić information content (AvgIpc) is 2.88. The summed E-state index contributed by atoms with van der Waals surface area (Å²) in [6, 6.07) is 18.2. The zero-order chi connectivity index (χ0) is 11.4. The van der Waals surface area contributed by atoms with Crippen molar-refractivity contribution < 1.29 is 0 Å². The number of para-hydroxylation sites is 1. The highest BCUT2D eigenvalue weighted by Gasteiger charge is 2.43. The SMILES string of the molecule is CC1c2ccccc2[C@H]2c3ccccc3N[C@@H]12. The first kappa shape index (κ1) is 9.29. The van der Waals surface area contributed by atoms with Crippen LogP contribution in [0, 0.1) is 0 Å². The first-order valence-corrected chi connectivity index (χ1v) is 6.30. The van der Waals surface area contributed by atoms with Crippen molar-refractivity contribution in [1.29, 1.82) is 0 Å². The minimum atomic E-state index is 0.546. The Kier molecular flexibility index (Phi) is 1.71. The van der Waals surface area contributed by atoms with Crippen LogP contribution in [-0.4, -0.2) is 6.04 Å². The molecule has 3 atom stereocenters. The van der Waals surface area contributed by atoms with E-state index in [1.165, 1.54) is 22.4 Å². The Balaban J connectivity index is 1.95. The van der Waals surface area contributed by atoms with Crippen molar-refractivity contribution in [2.75, 3.05) is 5.32 Å². The van der Waals surface area contributed by atoms with Gasteiger partial charge in [-0.05, 0) is 22.8 Å². The van der Waals surface area contributed by atoms with E-state index in [1.807, 2.05) is 0 Å². The second-order valence-electron chi connectivity index (χ2n) is 5.15. The molecule has 1 nitrogen and oxygen atoms in total. The second kappa shape index (κ2) is 3.13. The number of benzene rings is 2. The molecule has 0 saturated carbocycles. The maximum absolute atomic E-state index is 3.69. The Morgan fingerprint density at radius 2 is 1.47 bits per heavy atom. The zero-order valence-electron chi connectivity index (χ0n) is 9.85. The standard InChI is InChI=1S/C16H15N/c1-10-11-6-2-3-7-12(11)15-13-8-4-5-9-14(13)17-16(10)15/h2-10,15-17H,1H3/t10?,15-,16-/m0/s1. The molecule has 4 rings (SSSR count). The molecule has 1 N–H and O–H groups in total. The van der Waals surface area contributed by atoms with Gasteiger partial charge in [0.1, 0.15) is 0 Å². The van der Waals surface area contributed by atoms with Gasteiger partial charge >= 0.3 is 0 Å². The van der Waals surface area contributed by atoms with E-state index in [-0.39, 0.29) is 0 Å². The molecular formula is C16H15N. The first-order chi connectivity index (χ1) is 8.36. The molecule has 2 aliphatic rings. The van der Waals surface area contributed by atoms with Crippen molar-refractivity contribution in [3.05, 3.63) is 65.2 Å². The molecule has 1 aliphatic carbocycles. The Labute approximate surface area is 101 Å². The number of fused-ring (bicyclic) bond motifs is 5. The van der Waals surface area contributed by atoms with E-state index in [4.69, 9.17) is 0 Å². The van der Waals surface area contributed by atoms with Crippen LogP contribution in [0.1, 0.15) is 35.4 Å². The monoisotopic (exact) mass is 221 g/mol. The molecule has 2 aromatic carbocycles. The average molecular weight is 221 g/mol. The van der Waals surface area contributed by atoms with Crippen LogP contribution in [0.2, 0.25) is 0 Å². The zero-order valence-corrected chi connectivity index (χ0v) is 9.85. The summed E-state index contributed by atoms with van der Waals surface area (Å²) >= 11 is 0. The smallest absolute Gasteiger partial charge is 0.0437 e. The maximum Gasteiger partial charge on any atom is 0.0437 e. The van der Waals surface area contributed by atoms with E-state index in [0.717, 1.165) is 0 Å². The molecule has 2 aromatic rings. The van der Waals surface area contributed by atoms with Crippen molar-refractivity contribution >= 4 is 5.69 Å². The Bertz CT molecular complexity index is 588. The molecular weight excluding hydrogens is 206 g/mol. The number of nitrogens with one attached hydrogen (secondary N) is 1. The predicted octanol–water partition coefficient (Wildman–Crippen LogP) is 3.73. The number of rotatable bonds is 0. The summed E-state index contributed by atoms with van der Waals surface area (Å²) in [7, 11) is 0. The van der Waals surface area contributed by atoms with Gasteiger partial charge in [-0.15, -0.1) is 0 Å². The van der Waals surface area contributed by atoms with E-state index < -0.39 is 0 Å². The van der Waals surface area contributed by atoms with Crippen LogP contribution in [-0.2, 0) is 0 Å². The number of anilines is 1. The molecule has 1 heteroatoms. The van der Waals surface area contributed by atoms with Crippen LogP contribution in [0.25, 0.3) is 0 Å². The Morgan fingerprint density at radius 3 is 2.29 bits per heavy atom. The highest BCUT2D eigenvalue weighted by atomic mass is 15.0. The Morgan fingerprint density at radius 1 is 0.824 bits per heavy atom. The Hall–Kier alpha value is -1.76. The fourth-order valence-corrected chi connectivity index (χ4v) is 3.53.